The number of ether oxygens (including phenoxy) is 1. The normalized spacial score (nSPS) is 24.2. The molecule has 3 aliphatic carbocycles. The van der Waals surface area contributed by atoms with Crippen LogP contribution in [-0.4, -0.2) is 28.6 Å². The second-order valence-electron chi connectivity index (χ2n) is 8.07. The molecule has 170 valence electrons. The Labute approximate surface area is 176 Å². The number of nitrogens with zero attached hydrogens (tertiary/aromatic N) is 1. The van der Waals surface area contributed by atoms with Crippen LogP contribution in [-0.2, 0) is 6.18 Å². The van der Waals surface area contributed by atoms with Gasteiger partial charge in [-0.25, -0.2) is 4.98 Å². The summed E-state index contributed by atoms with van der Waals surface area (Å²) in [6, 6.07) is 5.88. The van der Waals surface area contributed by atoms with Crippen LogP contribution in [0.5, 0.6) is 5.88 Å². The van der Waals surface area contributed by atoms with Gasteiger partial charge in [0.05, 0.1) is 11.0 Å². The van der Waals surface area contributed by atoms with Crippen LogP contribution in [0.25, 0.3) is 0 Å². The number of amides is 2. The number of aromatic nitrogens is 1. The highest BCUT2D eigenvalue weighted by atomic mass is 19.4. The number of nitrogens with one attached hydrogen (secondary N) is 1. The average Bonchev–Trinajstić information content (AvgIpc) is 2.61. The van der Waals surface area contributed by atoms with Gasteiger partial charge < -0.3 is 15.8 Å². The van der Waals surface area contributed by atoms with Gasteiger partial charge >= 0.3 is 12.4 Å². The van der Waals surface area contributed by atoms with Crippen LogP contribution >= 0.6 is 0 Å². The number of nitrogens with two attached hydrogens (primary N) is 1. The Morgan fingerprint density at radius 2 is 1.72 bits per heavy atom. The van der Waals surface area contributed by atoms with Gasteiger partial charge in [-0.05, 0) is 24.3 Å². The molecule has 0 radical (unpaired) electrons. The molecule has 0 unspecified atom stereocenters. The highest BCUT2D eigenvalue weighted by molar-refractivity contribution is 6.06. The van der Waals surface area contributed by atoms with E-state index in [1.165, 1.54) is 24.3 Å². The standard InChI is InChI=1S/C20H15F6N3O3/c21-19(22,23)11-5-13(15(31)29-12-3-1-2-10(4-12)14(27)30)16(28-6-11)32-18-7-17(8-18,9-18)20(24,25)26/h1-6H,7-9H2,(H2,27,30)(H,29,31). The van der Waals surface area contributed by atoms with Gasteiger partial charge in [0.25, 0.3) is 5.91 Å². The third kappa shape index (κ3) is 3.63. The van der Waals surface area contributed by atoms with Crippen molar-refractivity contribution in [1.82, 2.24) is 4.98 Å². The SMILES string of the molecule is NC(=O)c1cccc(NC(=O)c2cc(C(F)(F)F)cnc2OC23CC(C(F)(F)F)(C2)C3)c1. The summed E-state index contributed by atoms with van der Waals surface area (Å²) in [5.41, 5.74) is 0.379. The zero-order valence-corrected chi connectivity index (χ0v) is 16.1. The van der Waals surface area contributed by atoms with E-state index in [4.69, 9.17) is 10.5 Å². The van der Waals surface area contributed by atoms with Crippen LogP contribution in [0.4, 0.5) is 32.0 Å². The molecule has 1 aromatic carbocycles. The fraction of sp³-hybridized carbons (Fsp3) is 0.350. The summed E-state index contributed by atoms with van der Waals surface area (Å²) in [7, 11) is 0. The van der Waals surface area contributed by atoms with Crippen molar-refractivity contribution in [2.24, 2.45) is 11.1 Å². The number of alkyl halides is 6. The lowest BCUT2D eigenvalue weighted by Gasteiger charge is -2.68. The molecule has 2 aromatic rings. The molecular formula is C20H15F6N3O3. The van der Waals surface area contributed by atoms with E-state index in [1.54, 1.807) is 0 Å². The van der Waals surface area contributed by atoms with Crippen molar-refractivity contribution in [2.75, 3.05) is 5.32 Å². The molecule has 3 N–H and O–H groups in total. The van der Waals surface area contributed by atoms with E-state index in [2.05, 4.69) is 10.3 Å². The summed E-state index contributed by atoms with van der Waals surface area (Å²) in [5, 5.41) is 2.32. The molecule has 1 aromatic heterocycles. The summed E-state index contributed by atoms with van der Waals surface area (Å²) < 4.78 is 84.2. The number of hydrogen-bond donors (Lipinski definition) is 2. The molecular weight excluding hydrogens is 444 g/mol. The van der Waals surface area contributed by atoms with Crippen molar-refractivity contribution in [1.29, 1.82) is 0 Å². The maximum Gasteiger partial charge on any atom is 0.417 e. The highest BCUT2D eigenvalue weighted by Crippen LogP contribution is 2.74. The molecule has 2 amide bonds. The summed E-state index contributed by atoms with van der Waals surface area (Å²) in [4.78, 5) is 27.6. The number of halogens is 6. The predicted molar refractivity (Wildman–Crippen MR) is 97.9 cm³/mol. The quantitative estimate of drug-likeness (QED) is 0.652. The zero-order chi connectivity index (χ0) is 23.5. The minimum atomic E-state index is -4.82. The summed E-state index contributed by atoms with van der Waals surface area (Å²) in [5.74, 6) is -2.33. The van der Waals surface area contributed by atoms with Crippen molar-refractivity contribution in [3.8, 4) is 5.88 Å². The smallest absolute Gasteiger partial charge is 0.417 e. The first-order valence-corrected chi connectivity index (χ1v) is 9.28. The maximum absolute atomic E-state index is 13.1. The minimum absolute atomic E-state index is 0.0488. The Morgan fingerprint density at radius 1 is 1.06 bits per heavy atom. The van der Waals surface area contributed by atoms with E-state index >= 15 is 0 Å². The summed E-state index contributed by atoms with van der Waals surface area (Å²) >= 11 is 0. The Hall–Kier alpha value is -3.31. The fourth-order valence-electron chi connectivity index (χ4n) is 4.11. The molecule has 5 rings (SSSR count). The lowest BCUT2D eigenvalue weighted by atomic mass is 9.40. The molecule has 1 heterocycles. The van der Waals surface area contributed by atoms with Crippen LogP contribution in [0.2, 0.25) is 0 Å². The zero-order valence-electron chi connectivity index (χ0n) is 16.1. The van der Waals surface area contributed by atoms with Crippen LogP contribution < -0.4 is 15.8 Å². The molecule has 6 nitrogen and oxygen atoms in total. The first-order valence-electron chi connectivity index (χ1n) is 9.28. The first kappa shape index (κ1) is 21.9. The molecule has 3 saturated carbocycles. The Bertz CT molecular complexity index is 1090. The third-order valence-corrected chi connectivity index (χ3v) is 5.72. The van der Waals surface area contributed by atoms with Gasteiger partial charge in [-0.2, -0.15) is 26.3 Å². The van der Waals surface area contributed by atoms with Gasteiger partial charge in [-0.1, -0.05) is 6.07 Å². The average molecular weight is 459 g/mol. The minimum Gasteiger partial charge on any atom is -0.470 e. The number of carbonyl (C=O) groups excluding carboxylic acids is 2. The third-order valence-electron chi connectivity index (χ3n) is 5.72. The second-order valence-corrected chi connectivity index (χ2v) is 8.07. The Balaban J connectivity index is 1.61. The van der Waals surface area contributed by atoms with E-state index < -0.39 is 52.2 Å². The van der Waals surface area contributed by atoms with Crippen LogP contribution in [0.1, 0.15) is 45.5 Å². The predicted octanol–water partition coefficient (Wildman–Crippen LogP) is 4.32. The first-order chi connectivity index (χ1) is 14.7. The van der Waals surface area contributed by atoms with Crippen LogP contribution in [0, 0.1) is 5.41 Å². The molecule has 0 saturated heterocycles. The molecule has 2 bridgehead atoms. The van der Waals surface area contributed by atoms with Gasteiger partial charge in [0, 0.05) is 36.7 Å². The van der Waals surface area contributed by atoms with Gasteiger partial charge in [0.1, 0.15) is 11.2 Å². The van der Waals surface area contributed by atoms with Crippen molar-refractivity contribution < 1.29 is 40.7 Å². The van der Waals surface area contributed by atoms with E-state index in [-0.39, 0.29) is 30.5 Å². The number of carbonyl (C=O) groups is 2. The van der Waals surface area contributed by atoms with Crippen molar-refractivity contribution in [2.45, 2.75) is 37.2 Å². The number of hydrogen-bond acceptors (Lipinski definition) is 4. The maximum atomic E-state index is 13.1. The van der Waals surface area contributed by atoms with Crippen LogP contribution in [0.15, 0.2) is 36.5 Å². The number of benzene rings is 1. The van der Waals surface area contributed by atoms with Gasteiger partial charge in [0.2, 0.25) is 11.8 Å². The fourth-order valence-corrected chi connectivity index (χ4v) is 4.11. The van der Waals surface area contributed by atoms with Gasteiger partial charge in [0.15, 0.2) is 0 Å². The molecule has 3 aliphatic rings. The summed E-state index contributed by atoms with van der Waals surface area (Å²) in [6.07, 6.45) is -9.83. The highest BCUT2D eigenvalue weighted by Gasteiger charge is 2.80. The van der Waals surface area contributed by atoms with E-state index in [9.17, 15) is 35.9 Å². The molecule has 3 fully saturated rings. The number of pyridine rings is 1. The van der Waals surface area contributed by atoms with Gasteiger partial charge in [-0.15, -0.1) is 0 Å². The largest absolute Gasteiger partial charge is 0.470 e. The monoisotopic (exact) mass is 459 g/mol. The van der Waals surface area contributed by atoms with E-state index in [0.717, 1.165) is 0 Å². The van der Waals surface area contributed by atoms with Gasteiger partial charge in [-0.3, -0.25) is 9.59 Å². The number of anilines is 1. The molecule has 0 aliphatic heterocycles. The molecule has 0 spiro atoms. The lowest BCUT2D eigenvalue weighted by Crippen LogP contribution is -2.75. The van der Waals surface area contributed by atoms with E-state index in [1.807, 2.05) is 0 Å². The number of rotatable bonds is 5. The topological polar surface area (TPSA) is 94.3 Å². The Morgan fingerprint density at radius 3 is 2.28 bits per heavy atom. The van der Waals surface area contributed by atoms with E-state index in [0.29, 0.717) is 12.3 Å². The van der Waals surface area contributed by atoms with Crippen molar-refractivity contribution in [3.63, 3.8) is 0 Å². The Kier molecular flexibility index (Phi) is 4.68. The second kappa shape index (κ2) is 6.84. The molecule has 32 heavy (non-hydrogen) atoms. The van der Waals surface area contributed by atoms with Crippen molar-refractivity contribution >= 4 is 17.5 Å². The molecule has 12 heteroatoms. The van der Waals surface area contributed by atoms with Crippen molar-refractivity contribution in [3.05, 3.63) is 53.2 Å². The number of primary amides is 1. The van der Waals surface area contributed by atoms with Crippen LogP contribution in [0.3, 0.4) is 0 Å². The molecule has 0 atom stereocenters. The summed E-state index contributed by atoms with van der Waals surface area (Å²) in [6.45, 7) is 0. The lowest BCUT2D eigenvalue weighted by molar-refractivity contribution is -0.374.